The van der Waals surface area contributed by atoms with Crippen LogP contribution in [0.5, 0.6) is 0 Å². The number of anilines is 1. The Labute approximate surface area is 112 Å². The third kappa shape index (κ3) is 4.70. The Morgan fingerprint density at radius 3 is 2.30 bits per heavy atom. The van der Waals surface area contributed by atoms with Crippen LogP contribution in [-0.2, 0) is 14.8 Å². The average molecular weight is 312 g/mol. The molecule has 1 aromatic carbocycles. The van der Waals surface area contributed by atoms with Crippen molar-refractivity contribution in [2.45, 2.75) is 11.1 Å². The van der Waals surface area contributed by atoms with E-state index >= 15 is 0 Å². The number of nitrogens with zero attached hydrogens (tertiary/aromatic N) is 1. The largest absolute Gasteiger partial charge is 0.480 e. The number of halogens is 3. The quantitative estimate of drug-likeness (QED) is 0.837. The summed E-state index contributed by atoms with van der Waals surface area (Å²) >= 11 is 0. The van der Waals surface area contributed by atoms with Gasteiger partial charge in [0.25, 0.3) is 0 Å². The van der Waals surface area contributed by atoms with Gasteiger partial charge >= 0.3 is 12.1 Å². The van der Waals surface area contributed by atoms with Gasteiger partial charge in [0.1, 0.15) is 18.0 Å². The van der Waals surface area contributed by atoms with Gasteiger partial charge in [-0.05, 0) is 12.1 Å². The molecule has 1 aromatic rings. The van der Waals surface area contributed by atoms with Gasteiger partial charge in [-0.25, -0.2) is 13.6 Å². The number of carbonyl (C=O) groups is 1. The van der Waals surface area contributed by atoms with Gasteiger partial charge in [-0.3, -0.25) is 4.79 Å². The first kappa shape index (κ1) is 16.2. The zero-order chi connectivity index (χ0) is 15.6. The first-order chi connectivity index (χ1) is 9.00. The minimum Gasteiger partial charge on any atom is -0.480 e. The molecule has 3 N–H and O–H groups in total. The number of sulfonamides is 1. The molecule has 112 valence electrons. The molecule has 0 aliphatic carbocycles. The molecule has 0 atom stereocenters. The van der Waals surface area contributed by atoms with Gasteiger partial charge in [-0.15, -0.1) is 0 Å². The van der Waals surface area contributed by atoms with E-state index in [9.17, 15) is 26.4 Å². The maximum Gasteiger partial charge on any atom is 0.405 e. The van der Waals surface area contributed by atoms with Gasteiger partial charge in [0.2, 0.25) is 10.0 Å². The first-order valence-corrected chi connectivity index (χ1v) is 6.70. The molecule has 1 rings (SSSR count). The third-order valence-electron chi connectivity index (χ3n) is 2.21. The van der Waals surface area contributed by atoms with E-state index in [0.717, 1.165) is 12.1 Å². The van der Waals surface area contributed by atoms with Crippen molar-refractivity contribution in [3.8, 4) is 0 Å². The maximum absolute atomic E-state index is 12.5. The number of hydrogen-bond acceptors (Lipinski definition) is 4. The van der Waals surface area contributed by atoms with E-state index in [1.165, 1.54) is 12.1 Å². The molecule has 6 nitrogen and oxygen atoms in total. The lowest BCUT2D eigenvalue weighted by Gasteiger charge is -2.25. The molecule has 0 unspecified atom stereocenters. The van der Waals surface area contributed by atoms with E-state index in [1.807, 2.05) is 0 Å². The molecule has 0 fully saturated rings. The number of primary sulfonamides is 1. The summed E-state index contributed by atoms with van der Waals surface area (Å²) in [6.07, 6.45) is -4.69. The van der Waals surface area contributed by atoms with E-state index in [2.05, 4.69) is 0 Å². The van der Waals surface area contributed by atoms with Gasteiger partial charge in [-0.2, -0.15) is 13.2 Å². The Morgan fingerprint density at radius 2 is 1.85 bits per heavy atom. The van der Waals surface area contributed by atoms with Crippen molar-refractivity contribution in [2.24, 2.45) is 5.14 Å². The lowest BCUT2D eigenvalue weighted by atomic mass is 10.2. The number of hydrogen-bond donors (Lipinski definition) is 2. The fraction of sp³-hybridized carbons (Fsp3) is 0.300. The van der Waals surface area contributed by atoms with E-state index in [4.69, 9.17) is 10.2 Å². The second-order valence-corrected chi connectivity index (χ2v) is 5.41. The number of carboxylic acid groups (broad SMARTS) is 1. The van der Waals surface area contributed by atoms with E-state index in [1.54, 1.807) is 0 Å². The van der Waals surface area contributed by atoms with Crippen molar-refractivity contribution in [2.75, 3.05) is 18.0 Å². The summed E-state index contributed by atoms with van der Waals surface area (Å²) < 4.78 is 60.0. The van der Waals surface area contributed by atoms with E-state index in [-0.39, 0.29) is 0 Å². The van der Waals surface area contributed by atoms with Crippen LogP contribution in [0.2, 0.25) is 0 Å². The summed E-state index contributed by atoms with van der Waals surface area (Å²) in [5.41, 5.74) is -0.408. The van der Waals surface area contributed by atoms with Crippen LogP contribution in [0.1, 0.15) is 0 Å². The number of para-hydroxylation sites is 1. The summed E-state index contributed by atoms with van der Waals surface area (Å²) in [6, 6.07) is 4.63. The SMILES string of the molecule is NS(=O)(=O)c1ccccc1N(CC(=O)O)CC(F)(F)F. The van der Waals surface area contributed by atoms with Crippen molar-refractivity contribution >= 4 is 21.7 Å². The predicted octanol–water partition coefficient (Wildman–Crippen LogP) is 0.787. The molecular formula is C10H11F3N2O4S. The van der Waals surface area contributed by atoms with Crippen molar-refractivity contribution in [3.63, 3.8) is 0 Å². The third-order valence-corrected chi connectivity index (χ3v) is 3.17. The fourth-order valence-corrected chi connectivity index (χ4v) is 2.32. The predicted molar refractivity (Wildman–Crippen MR) is 63.7 cm³/mol. The molecular weight excluding hydrogens is 301 g/mol. The van der Waals surface area contributed by atoms with Crippen LogP contribution in [0.3, 0.4) is 0 Å². The minimum absolute atomic E-state index is 0.391. The Balaban J connectivity index is 3.31. The van der Waals surface area contributed by atoms with Crippen LogP contribution in [0.4, 0.5) is 18.9 Å². The summed E-state index contributed by atoms with van der Waals surface area (Å²) in [5, 5.41) is 13.6. The summed E-state index contributed by atoms with van der Waals surface area (Å²) in [7, 11) is -4.27. The Kier molecular flexibility index (Phi) is 4.61. The maximum atomic E-state index is 12.5. The number of rotatable bonds is 5. The molecule has 0 aliphatic rings. The summed E-state index contributed by atoms with van der Waals surface area (Å²) in [4.78, 5) is 10.5. The standard InChI is InChI=1S/C10H11F3N2O4S/c11-10(12,13)6-15(5-9(16)17)7-3-1-2-4-8(7)20(14,18)19/h1-4H,5-6H2,(H,16,17)(H2,14,18,19). The van der Waals surface area contributed by atoms with Crippen LogP contribution in [0, 0.1) is 0 Å². The van der Waals surface area contributed by atoms with Crippen LogP contribution in [0.25, 0.3) is 0 Å². The second-order valence-electron chi connectivity index (χ2n) is 3.88. The van der Waals surface area contributed by atoms with Gasteiger partial charge in [-0.1, -0.05) is 12.1 Å². The number of aliphatic carboxylic acids is 1. The molecule has 0 saturated heterocycles. The molecule has 20 heavy (non-hydrogen) atoms. The zero-order valence-electron chi connectivity index (χ0n) is 9.96. The van der Waals surface area contributed by atoms with Crippen molar-refractivity contribution < 1.29 is 31.5 Å². The van der Waals surface area contributed by atoms with Gasteiger partial charge in [0.05, 0.1) is 5.69 Å². The lowest BCUT2D eigenvalue weighted by molar-refractivity contribution is -0.136. The highest BCUT2D eigenvalue weighted by Gasteiger charge is 2.33. The molecule has 0 radical (unpaired) electrons. The molecule has 0 heterocycles. The number of carboxylic acids is 1. The Morgan fingerprint density at radius 1 is 1.30 bits per heavy atom. The second kappa shape index (κ2) is 5.67. The number of benzene rings is 1. The zero-order valence-corrected chi connectivity index (χ0v) is 10.8. The van der Waals surface area contributed by atoms with Crippen LogP contribution in [-0.4, -0.2) is 38.8 Å². The highest BCUT2D eigenvalue weighted by molar-refractivity contribution is 7.89. The lowest BCUT2D eigenvalue weighted by Crippen LogP contribution is -2.39. The fourth-order valence-electron chi connectivity index (χ4n) is 1.56. The smallest absolute Gasteiger partial charge is 0.405 e. The molecule has 0 amide bonds. The normalized spacial score (nSPS) is 12.2. The molecule has 0 saturated carbocycles. The van der Waals surface area contributed by atoms with E-state index in [0.29, 0.717) is 4.90 Å². The first-order valence-electron chi connectivity index (χ1n) is 5.16. The van der Waals surface area contributed by atoms with Crippen LogP contribution in [0.15, 0.2) is 29.2 Å². The van der Waals surface area contributed by atoms with Crippen molar-refractivity contribution in [3.05, 3.63) is 24.3 Å². The van der Waals surface area contributed by atoms with Gasteiger partial charge in [0, 0.05) is 0 Å². The Hall–Kier alpha value is -1.81. The highest BCUT2D eigenvalue weighted by atomic mass is 32.2. The van der Waals surface area contributed by atoms with Crippen molar-refractivity contribution in [1.29, 1.82) is 0 Å². The van der Waals surface area contributed by atoms with Gasteiger partial charge in [0.15, 0.2) is 0 Å². The molecule has 0 bridgehead atoms. The summed E-state index contributed by atoms with van der Waals surface area (Å²) in [5.74, 6) is -1.53. The molecule has 0 spiro atoms. The van der Waals surface area contributed by atoms with E-state index < -0.39 is 45.8 Å². The Bertz CT molecular complexity index is 601. The van der Waals surface area contributed by atoms with Crippen LogP contribution < -0.4 is 10.0 Å². The molecule has 10 heteroatoms. The van der Waals surface area contributed by atoms with Gasteiger partial charge < -0.3 is 10.0 Å². The minimum atomic E-state index is -4.69. The monoisotopic (exact) mass is 312 g/mol. The summed E-state index contributed by atoms with van der Waals surface area (Å²) in [6.45, 7) is -2.61. The highest BCUT2D eigenvalue weighted by Crippen LogP contribution is 2.27. The number of alkyl halides is 3. The van der Waals surface area contributed by atoms with Crippen LogP contribution >= 0.6 is 0 Å². The molecule has 0 aliphatic heterocycles. The topological polar surface area (TPSA) is 101 Å². The average Bonchev–Trinajstić information content (AvgIpc) is 2.24. The van der Waals surface area contributed by atoms with Crippen molar-refractivity contribution in [1.82, 2.24) is 0 Å². The molecule has 0 aromatic heterocycles. The number of nitrogens with two attached hydrogens (primary N) is 1.